The lowest BCUT2D eigenvalue weighted by Gasteiger charge is -2.22. The summed E-state index contributed by atoms with van der Waals surface area (Å²) in [6, 6.07) is 12.8. The van der Waals surface area contributed by atoms with Gasteiger partial charge in [-0.1, -0.05) is 6.07 Å². The van der Waals surface area contributed by atoms with Gasteiger partial charge in [0.05, 0.1) is 24.6 Å². The summed E-state index contributed by atoms with van der Waals surface area (Å²) in [5.74, 6) is 1.32. The monoisotopic (exact) mass is 462 g/mol. The number of aryl methyl sites for hydroxylation is 2. The van der Waals surface area contributed by atoms with Crippen LogP contribution in [0.2, 0.25) is 0 Å². The molecule has 176 valence electrons. The van der Waals surface area contributed by atoms with Crippen LogP contribution in [0.25, 0.3) is 0 Å². The van der Waals surface area contributed by atoms with Crippen molar-refractivity contribution >= 4 is 21.6 Å². The molecule has 0 fully saturated rings. The van der Waals surface area contributed by atoms with E-state index in [4.69, 9.17) is 9.47 Å². The van der Waals surface area contributed by atoms with Crippen LogP contribution in [0, 0.1) is 13.8 Å². The highest BCUT2D eigenvalue weighted by atomic mass is 32.2. The first-order valence-electron chi connectivity index (χ1n) is 10.8. The molecule has 1 amide bonds. The fraction of sp³-hybridized carbons (Fsp3) is 0.458. The van der Waals surface area contributed by atoms with Gasteiger partial charge >= 0.3 is 0 Å². The molecule has 2 rings (SSSR count). The van der Waals surface area contributed by atoms with Crippen LogP contribution in [-0.2, 0) is 14.8 Å². The zero-order valence-electron chi connectivity index (χ0n) is 19.6. The van der Waals surface area contributed by atoms with Crippen molar-refractivity contribution in [1.29, 1.82) is 0 Å². The van der Waals surface area contributed by atoms with Gasteiger partial charge in [0.2, 0.25) is 15.9 Å². The van der Waals surface area contributed by atoms with Crippen LogP contribution in [0.1, 0.15) is 37.8 Å². The van der Waals surface area contributed by atoms with Gasteiger partial charge in [0.25, 0.3) is 0 Å². The second-order valence-electron chi connectivity index (χ2n) is 8.04. The lowest BCUT2D eigenvalue weighted by atomic mass is 10.1. The number of amides is 1. The summed E-state index contributed by atoms with van der Waals surface area (Å²) in [6.07, 6.45) is 1.83. The molecule has 0 atom stereocenters. The van der Waals surface area contributed by atoms with Crippen molar-refractivity contribution in [2.75, 3.05) is 30.3 Å². The van der Waals surface area contributed by atoms with E-state index in [1.165, 1.54) is 9.87 Å². The van der Waals surface area contributed by atoms with Crippen molar-refractivity contribution in [1.82, 2.24) is 5.32 Å². The molecule has 0 aliphatic heterocycles. The Morgan fingerprint density at radius 1 is 1.03 bits per heavy atom. The first-order valence-corrected chi connectivity index (χ1v) is 12.6. The topological polar surface area (TPSA) is 84.9 Å². The lowest BCUT2D eigenvalue weighted by Crippen LogP contribution is -2.32. The molecule has 1 N–H and O–H groups in total. The summed E-state index contributed by atoms with van der Waals surface area (Å²) in [4.78, 5) is 12.1. The molecule has 0 unspecified atom stereocenters. The first-order chi connectivity index (χ1) is 15.1. The number of nitrogens with zero attached hydrogens (tertiary/aromatic N) is 1. The van der Waals surface area contributed by atoms with Crippen molar-refractivity contribution in [3.8, 4) is 11.5 Å². The highest BCUT2D eigenvalue weighted by molar-refractivity contribution is 7.92. The number of benzene rings is 2. The molecule has 0 saturated heterocycles. The number of sulfonamides is 1. The van der Waals surface area contributed by atoms with Crippen LogP contribution in [0.3, 0.4) is 0 Å². The standard InChI is InChI=1S/C24H34N2O5S/c1-18(2)31-22-12-9-21(10-13-22)26(32(5,28)29)15-6-7-24(27)25-14-16-30-23-11-8-19(3)20(4)17-23/h8-13,17-18H,6-7,14-16H2,1-5H3,(H,25,27). The SMILES string of the molecule is Cc1ccc(OCCNC(=O)CCCN(c2ccc(OC(C)C)cc2)S(C)(=O)=O)cc1C. The normalized spacial score (nSPS) is 11.3. The third-order valence-corrected chi connectivity index (χ3v) is 6.03. The number of carbonyl (C=O) groups excluding carboxylic acids is 1. The fourth-order valence-corrected chi connectivity index (χ4v) is 4.05. The Bertz CT molecular complexity index is 988. The molecule has 2 aromatic carbocycles. The Morgan fingerprint density at radius 3 is 2.28 bits per heavy atom. The van der Waals surface area contributed by atoms with Crippen LogP contribution < -0.4 is 19.1 Å². The van der Waals surface area contributed by atoms with Gasteiger partial charge in [-0.15, -0.1) is 0 Å². The molecule has 0 aromatic heterocycles. The Morgan fingerprint density at radius 2 is 1.69 bits per heavy atom. The van der Waals surface area contributed by atoms with E-state index >= 15 is 0 Å². The highest BCUT2D eigenvalue weighted by Crippen LogP contribution is 2.23. The number of hydrogen-bond acceptors (Lipinski definition) is 5. The van der Waals surface area contributed by atoms with Gasteiger partial charge < -0.3 is 14.8 Å². The lowest BCUT2D eigenvalue weighted by molar-refractivity contribution is -0.121. The molecule has 0 aliphatic carbocycles. The van der Waals surface area contributed by atoms with Gasteiger partial charge in [-0.25, -0.2) is 8.42 Å². The Labute approximate surface area is 191 Å². The van der Waals surface area contributed by atoms with E-state index in [1.54, 1.807) is 24.3 Å². The summed E-state index contributed by atoms with van der Waals surface area (Å²) in [7, 11) is -3.47. The minimum Gasteiger partial charge on any atom is -0.492 e. The zero-order valence-corrected chi connectivity index (χ0v) is 20.4. The number of nitrogens with one attached hydrogen (secondary N) is 1. The average Bonchev–Trinajstić information content (AvgIpc) is 2.71. The average molecular weight is 463 g/mol. The quantitative estimate of drug-likeness (QED) is 0.485. The Kier molecular flexibility index (Phi) is 9.38. The summed E-state index contributed by atoms with van der Waals surface area (Å²) in [5.41, 5.74) is 2.91. The minimum atomic E-state index is -3.47. The van der Waals surface area contributed by atoms with Crippen molar-refractivity contribution < 1.29 is 22.7 Å². The van der Waals surface area contributed by atoms with E-state index < -0.39 is 10.0 Å². The van der Waals surface area contributed by atoms with Gasteiger partial charge in [-0.05, 0) is 81.6 Å². The van der Waals surface area contributed by atoms with Crippen LogP contribution in [0.4, 0.5) is 5.69 Å². The van der Waals surface area contributed by atoms with Crippen LogP contribution in [0.15, 0.2) is 42.5 Å². The second-order valence-corrected chi connectivity index (χ2v) is 9.95. The number of carbonyl (C=O) groups is 1. The Hall–Kier alpha value is -2.74. The first kappa shape index (κ1) is 25.5. The summed E-state index contributed by atoms with van der Waals surface area (Å²) in [5, 5.41) is 2.81. The number of hydrogen-bond donors (Lipinski definition) is 1. The molecule has 0 radical (unpaired) electrons. The fourth-order valence-electron chi connectivity index (χ4n) is 3.08. The van der Waals surface area contributed by atoms with E-state index in [2.05, 4.69) is 5.32 Å². The van der Waals surface area contributed by atoms with Gasteiger partial charge in [-0.2, -0.15) is 0 Å². The van der Waals surface area contributed by atoms with Gasteiger partial charge in [0.15, 0.2) is 0 Å². The molecule has 0 spiro atoms. The van der Waals surface area contributed by atoms with E-state index in [0.29, 0.717) is 31.0 Å². The Balaban J connectivity index is 1.78. The highest BCUT2D eigenvalue weighted by Gasteiger charge is 2.17. The van der Waals surface area contributed by atoms with E-state index in [1.807, 2.05) is 45.9 Å². The smallest absolute Gasteiger partial charge is 0.232 e. The molecule has 0 heterocycles. The summed E-state index contributed by atoms with van der Waals surface area (Å²) in [6.45, 7) is 8.90. The number of anilines is 1. The maximum Gasteiger partial charge on any atom is 0.232 e. The molecule has 0 aliphatic rings. The molecule has 0 bridgehead atoms. The van der Waals surface area contributed by atoms with Crippen molar-refractivity contribution in [3.05, 3.63) is 53.6 Å². The maximum atomic E-state index is 12.2. The summed E-state index contributed by atoms with van der Waals surface area (Å²) < 4.78 is 37.0. The molecule has 32 heavy (non-hydrogen) atoms. The molecule has 0 saturated carbocycles. The molecule has 8 heteroatoms. The third-order valence-electron chi connectivity index (χ3n) is 4.83. The van der Waals surface area contributed by atoms with Crippen LogP contribution in [0.5, 0.6) is 11.5 Å². The van der Waals surface area contributed by atoms with E-state index in [-0.39, 0.29) is 25.0 Å². The van der Waals surface area contributed by atoms with Crippen molar-refractivity contribution in [2.45, 2.75) is 46.6 Å². The van der Waals surface area contributed by atoms with Gasteiger partial charge in [0, 0.05) is 13.0 Å². The van der Waals surface area contributed by atoms with E-state index in [9.17, 15) is 13.2 Å². The van der Waals surface area contributed by atoms with Crippen molar-refractivity contribution in [3.63, 3.8) is 0 Å². The van der Waals surface area contributed by atoms with Gasteiger partial charge in [-0.3, -0.25) is 9.10 Å². The predicted octanol–water partition coefficient (Wildman–Crippen LogP) is 3.83. The number of ether oxygens (including phenoxy) is 2. The predicted molar refractivity (Wildman–Crippen MR) is 128 cm³/mol. The molecular formula is C24H34N2O5S. The zero-order chi connectivity index (χ0) is 23.7. The molecule has 2 aromatic rings. The summed E-state index contributed by atoms with van der Waals surface area (Å²) >= 11 is 0. The largest absolute Gasteiger partial charge is 0.492 e. The maximum absolute atomic E-state index is 12.2. The minimum absolute atomic E-state index is 0.0387. The van der Waals surface area contributed by atoms with Gasteiger partial charge in [0.1, 0.15) is 18.1 Å². The van der Waals surface area contributed by atoms with E-state index in [0.717, 1.165) is 17.6 Å². The third kappa shape index (κ3) is 8.42. The second kappa shape index (κ2) is 11.8. The molecule has 7 nitrogen and oxygen atoms in total. The van der Waals surface area contributed by atoms with Crippen LogP contribution in [-0.4, -0.2) is 46.4 Å². The number of rotatable bonds is 12. The molecular weight excluding hydrogens is 428 g/mol. The van der Waals surface area contributed by atoms with Crippen molar-refractivity contribution in [2.24, 2.45) is 0 Å². The van der Waals surface area contributed by atoms with Crippen LogP contribution >= 0.6 is 0 Å².